The van der Waals surface area contributed by atoms with Crippen molar-refractivity contribution in [2.75, 3.05) is 13.7 Å². The molecular weight excluding hydrogens is 248 g/mol. The second-order valence-electron chi connectivity index (χ2n) is 2.60. The van der Waals surface area contributed by atoms with Crippen molar-refractivity contribution in [2.24, 2.45) is 0 Å². The van der Waals surface area contributed by atoms with Gasteiger partial charge in [-0.15, -0.1) is 0 Å². The summed E-state index contributed by atoms with van der Waals surface area (Å²) in [7, 11) is 1.49. The molecule has 1 rings (SSSR count). The van der Waals surface area contributed by atoms with Gasteiger partial charge in [0.15, 0.2) is 11.5 Å². The van der Waals surface area contributed by atoms with Crippen LogP contribution >= 0.6 is 15.9 Å². The fourth-order valence-electron chi connectivity index (χ4n) is 1.04. The lowest BCUT2D eigenvalue weighted by Gasteiger charge is -2.06. The maximum absolute atomic E-state index is 9.61. The molecule has 0 aliphatic carbocycles. The first-order valence-corrected chi connectivity index (χ1v) is 4.83. The van der Waals surface area contributed by atoms with Gasteiger partial charge < -0.3 is 14.9 Å². The van der Waals surface area contributed by atoms with Crippen molar-refractivity contribution in [1.82, 2.24) is 0 Å². The first-order chi connectivity index (χ1) is 6.70. The fraction of sp³-hybridized carbons (Fsp3) is 0.200. The molecule has 14 heavy (non-hydrogen) atoms. The zero-order chi connectivity index (χ0) is 10.6. The number of rotatable bonds is 3. The van der Waals surface area contributed by atoms with Crippen LogP contribution < -0.4 is 4.74 Å². The number of aliphatic hydroxyl groups is 1. The average molecular weight is 259 g/mol. The van der Waals surface area contributed by atoms with E-state index in [0.717, 1.165) is 5.56 Å². The van der Waals surface area contributed by atoms with Crippen LogP contribution in [0.1, 0.15) is 5.56 Å². The molecule has 0 atom stereocenters. The predicted octanol–water partition coefficient (Wildman–Crippen LogP) is 2.17. The Balaban J connectivity index is 3.10. The maximum atomic E-state index is 9.61. The number of methoxy groups -OCH3 is 1. The molecule has 2 N–H and O–H groups in total. The van der Waals surface area contributed by atoms with Crippen LogP contribution in [0.4, 0.5) is 0 Å². The molecule has 0 heterocycles. The molecule has 76 valence electrons. The monoisotopic (exact) mass is 258 g/mol. The number of phenols is 1. The Kier molecular flexibility index (Phi) is 3.98. The number of hydrogen-bond donors (Lipinski definition) is 2. The SMILES string of the molecule is COc1ccc(/C=C/CO)c(Br)c1O. The summed E-state index contributed by atoms with van der Waals surface area (Å²) in [6, 6.07) is 3.45. The van der Waals surface area contributed by atoms with Gasteiger partial charge in [0.1, 0.15) is 0 Å². The average Bonchev–Trinajstić information content (AvgIpc) is 2.20. The summed E-state index contributed by atoms with van der Waals surface area (Å²) in [5, 5.41) is 18.2. The molecule has 3 nitrogen and oxygen atoms in total. The van der Waals surface area contributed by atoms with Crippen LogP contribution in [0.15, 0.2) is 22.7 Å². The van der Waals surface area contributed by atoms with E-state index in [4.69, 9.17) is 9.84 Å². The van der Waals surface area contributed by atoms with Crippen molar-refractivity contribution in [3.63, 3.8) is 0 Å². The number of aliphatic hydroxyl groups excluding tert-OH is 1. The first kappa shape index (κ1) is 11.1. The lowest BCUT2D eigenvalue weighted by atomic mass is 10.2. The van der Waals surface area contributed by atoms with Gasteiger partial charge in [-0.2, -0.15) is 0 Å². The maximum Gasteiger partial charge on any atom is 0.172 e. The van der Waals surface area contributed by atoms with Gasteiger partial charge in [0.05, 0.1) is 18.2 Å². The van der Waals surface area contributed by atoms with Crippen molar-refractivity contribution < 1.29 is 14.9 Å². The third kappa shape index (κ3) is 2.27. The summed E-state index contributed by atoms with van der Waals surface area (Å²) in [5.41, 5.74) is 0.789. The van der Waals surface area contributed by atoms with E-state index in [2.05, 4.69) is 15.9 Å². The minimum absolute atomic E-state index is 0.0285. The summed E-state index contributed by atoms with van der Waals surface area (Å²) in [4.78, 5) is 0. The minimum Gasteiger partial charge on any atom is -0.503 e. The summed E-state index contributed by atoms with van der Waals surface area (Å²) < 4.78 is 5.49. The smallest absolute Gasteiger partial charge is 0.172 e. The highest BCUT2D eigenvalue weighted by Gasteiger charge is 2.08. The molecule has 0 bridgehead atoms. The quantitative estimate of drug-likeness (QED) is 0.874. The van der Waals surface area contributed by atoms with E-state index in [9.17, 15) is 5.11 Å². The van der Waals surface area contributed by atoms with Crippen LogP contribution in [0.5, 0.6) is 11.5 Å². The Morgan fingerprint density at radius 3 is 2.79 bits per heavy atom. The number of halogens is 1. The fourth-order valence-corrected chi connectivity index (χ4v) is 1.50. The van der Waals surface area contributed by atoms with Gasteiger partial charge in [0.2, 0.25) is 0 Å². The van der Waals surface area contributed by atoms with Crippen LogP contribution in [-0.4, -0.2) is 23.9 Å². The van der Waals surface area contributed by atoms with Gasteiger partial charge in [0, 0.05) is 0 Å². The Labute approximate surface area is 90.8 Å². The Morgan fingerprint density at radius 1 is 1.50 bits per heavy atom. The van der Waals surface area contributed by atoms with Crippen LogP contribution in [0.2, 0.25) is 0 Å². The molecule has 0 aliphatic heterocycles. The van der Waals surface area contributed by atoms with Crippen molar-refractivity contribution in [1.29, 1.82) is 0 Å². The summed E-state index contributed by atoms with van der Waals surface area (Å²) in [5.74, 6) is 0.477. The number of ether oxygens (including phenoxy) is 1. The number of phenolic OH excluding ortho intramolecular Hbond substituents is 1. The van der Waals surface area contributed by atoms with Crippen molar-refractivity contribution in [3.05, 3.63) is 28.2 Å². The first-order valence-electron chi connectivity index (χ1n) is 4.03. The number of aromatic hydroxyl groups is 1. The van der Waals surface area contributed by atoms with E-state index in [-0.39, 0.29) is 12.4 Å². The molecule has 0 radical (unpaired) electrons. The molecule has 4 heteroatoms. The van der Waals surface area contributed by atoms with Crippen LogP contribution in [0, 0.1) is 0 Å². The summed E-state index contributed by atoms with van der Waals surface area (Å²) in [6.45, 7) is -0.0285. The van der Waals surface area contributed by atoms with Crippen LogP contribution in [0.3, 0.4) is 0 Å². The topological polar surface area (TPSA) is 49.7 Å². The number of benzene rings is 1. The highest BCUT2D eigenvalue weighted by molar-refractivity contribution is 9.10. The lowest BCUT2D eigenvalue weighted by molar-refractivity contribution is 0.343. The second-order valence-corrected chi connectivity index (χ2v) is 3.40. The van der Waals surface area contributed by atoms with E-state index in [1.165, 1.54) is 7.11 Å². The Bertz CT molecular complexity index is 347. The molecule has 1 aromatic carbocycles. The molecule has 0 aliphatic rings. The molecule has 0 spiro atoms. The molecule has 1 aromatic rings. The van der Waals surface area contributed by atoms with Gasteiger partial charge in [-0.05, 0) is 33.6 Å². The molecule has 0 aromatic heterocycles. The second kappa shape index (κ2) is 5.02. The van der Waals surface area contributed by atoms with E-state index in [1.807, 2.05) is 0 Å². The van der Waals surface area contributed by atoms with Crippen molar-refractivity contribution in [3.8, 4) is 11.5 Å². The Morgan fingerprint density at radius 2 is 2.21 bits per heavy atom. The van der Waals surface area contributed by atoms with E-state index >= 15 is 0 Å². The molecule has 0 amide bonds. The molecular formula is C10H11BrO3. The highest BCUT2D eigenvalue weighted by Crippen LogP contribution is 2.36. The zero-order valence-corrected chi connectivity index (χ0v) is 9.28. The van der Waals surface area contributed by atoms with E-state index in [1.54, 1.807) is 24.3 Å². The number of hydrogen-bond acceptors (Lipinski definition) is 3. The molecule has 0 saturated heterocycles. The third-order valence-corrected chi connectivity index (χ3v) is 2.57. The minimum atomic E-state index is -0.0285. The largest absolute Gasteiger partial charge is 0.503 e. The summed E-state index contributed by atoms with van der Waals surface area (Å²) >= 11 is 3.24. The third-order valence-electron chi connectivity index (χ3n) is 1.73. The normalized spacial score (nSPS) is 10.8. The van der Waals surface area contributed by atoms with Crippen LogP contribution in [-0.2, 0) is 0 Å². The lowest BCUT2D eigenvalue weighted by Crippen LogP contribution is -1.86. The van der Waals surface area contributed by atoms with E-state index in [0.29, 0.717) is 10.2 Å². The predicted molar refractivity (Wildman–Crippen MR) is 58.5 cm³/mol. The molecule has 0 saturated carbocycles. The van der Waals surface area contributed by atoms with Gasteiger partial charge in [-0.3, -0.25) is 0 Å². The van der Waals surface area contributed by atoms with Gasteiger partial charge in [-0.25, -0.2) is 0 Å². The van der Waals surface area contributed by atoms with Crippen LogP contribution in [0.25, 0.3) is 6.08 Å². The molecule has 0 unspecified atom stereocenters. The van der Waals surface area contributed by atoms with Gasteiger partial charge >= 0.3 is 0 Å². The highest BCUT2D eigenvalue weighted by atomic mass is 79.9. The Hall–Kier alpha value is -1.00. The van der Waals surface area contributed by atoms with Gasteiger partial charge in [0.25, 0.3) is 0 Å². The standard InChI is InChI=1S/C10H11BrO3/c1-14-8-5-4-7(3-2-6-12)9(11)10(8)13/h2-5,12-13H,6H2,1H3/b3-2+. The van der Waals surface area contributed by atoms with E-state index < -0.39 is 0 Å². The molecule has 0 fully saturated rings. The summed E-state index contributed by atoms with van der Waals surface area (Å²) in [6.07, 6.45) is 3.30. The van der Waals surface area contributed by atoms with Crippen molar-refractivity contribution >= 4 is 22.0 Å². The van der Waals surface area contributed by atoms with Crippen molar-refractivity contribution in [2.45, 2.75) is 0 Å². The zero-order valence-electron chi connectivity index (χ0n) is 7.70. The van der Waals surface area contributed by atoms with Gasteiger partial charge in [-0.1, -0.05) is 12.2 Å².